The van der Waals surface area contributed by atoms with Crippen LogP contribution in [0.15, 0.2) is 0 Å². The highest BCUT2D eigenvalue weighted by molar-refractivity contribution is 4.73. The molecule has 0 spiro atoms. The standard InChI is InChI=1S/C14H30N2O/c1-5-15-10-12(2)13(3)16(4)8-9-17-11-14-6-7-14/h12-15H,5-11H2,1-4H3. The maximum atomic E-state index is 5.68. The van der Waals surface area contributed by atoms with Crippen molar-refractivity contribution >= 4 is 0 Å². The molecule has 1 saturated carbocycles. The number of likely N-dealkylation sites (N-methyl/N-ethyl adjacent to an activating group) is 1. The Kier molecular flexibility index (Phi) is 7.09. The van der Waals surface area contributed by atoms with Crippen LogP contribution in [0.25, 0.3) is 0 Å². The summed E-state index contributed by atoms with van der Waals surface area (Å²) >= 11 is 0. The lowest BCUT2D eigenvalue weighted by atomic mass is 10.0. The molecule has 0 aromatic carbocycles. The van der Waals surface area contributed by atoms with Gasteiger partial charge in [0, 0.05) is 19.2 Å². The Hall–Kier alpha value is -0.120. The minimum atomic E-state index is 0.610. The van der Waals surface area contributed by atoms with Gasteiger partial charge in [0.1, 0.15) is 0 Å². The van der Waals surface area contributed by atoms with Crippen LogP contribution in [0.3, 0.4) is 0 Å². The third-order valence-corrected chi connectivity index (χ3v) is 3.87. The summed E-state index contributed by atoms with van der Waals surface area (Å²) < 4.78 is 5.68. The van der Waals surface area contributed by atoms with Crippen LogP contribution in [0.5, 0.6) is 0 Å². The Bertz CT molecular complexity index is 195. The summed E-state index contributed by atoms with van der Waals surface area (Å²) in [6.07, 6.45) is 2.76. The van der Waals surface area contributed by atoms with Crippen molar-refractivity contribution in [2.24, 2.45) is 11.8 Å². The van der Waals surface area contributed by atoms with E-state index in [9.17, 15) is 0 Å². The topological polar surface area (TPSA) is 24.5 Å². The van der Waals surface area contributed by atoms with E-state index >= 15 is 0 Å². The maximum absolute atomic E-state index is 5.68. The lowest BCUT2D eigenvalue weighted by molar-refractivity contribution is 0.0847. The molecule has 2 atom stereocenters. The SMILES string of the molecule is CCNCC(C)C(C)N(C)CCOCC1CC1. The predicted octanol–water partition coefficient (Wildman–Crippen LogP) is 1.98. The summed E-state index contributed by atoms with van der Waals surface area (Å²) in [4.78, 5) is 2.41. The van der Waals surface area contributed by atoms with E-state index in [4.69, 9.17) is 4.74 Å². The van der Waals surface area contributed by atoms with Crippen molar-refractivity contribution in [3.8, 4) is 0 Å². The van der Waals surface area contributed by atoms with E-state index in [0.29, 0.717) is 12.0 Å². The molecule has 0 aromatic rings. The Morgan fingerprint density at radius 2 is 2.06 bits per heavy atom. The van der Waals surface area contributed by atoms with Crippen LogP contribution in [-0.2, 0) is 4.74 Å². The van der Waals surface area contributed by atoms with Gasteiger partial charge >= 0.3 is 0 Å². The minimum Gasteiger partial charge on any atom is -0.380 e. The lowest BCUT2D eigenvalue weighted by Gasteiger charge is -2.29. The quantitative estimate of drug-likeness (QED) is 0.593. The molecule has 3 heteroatoms. The highest BCUT2D eigenvalue weighted by Gasteiger charge is 2.21. The van der Waals surface area contributed by atoms with Crippen LogP contribution in [-0.4, -0.2) is 50.8 Å². The molecule has 0 saturated heterocycles. The Morgan fingerprint density at radius 3 is 2.65 bits per heavy atom. The Morgan fingerprint density at radius 1 is 1.35 bits per heavy atom. The molecule has 0 radical (unpaired) electrons. The van der Waals surface area contributed by atoms with E-state index < -0.39 is 0 Å². The average Bonchev–Trinajstić information content (AvgIpc) is 3.14. The third kappa shape index (κ3) is 6.39. The molecule has 0 heterocycles. The number of nitrogens with zero attached hydrogens (tertiary/aromatic N) is 1. The number of hydrogen-bond acceptors (Lipinski definition) is 3. The van der Waals surface area contributed by atoms with Crippen LogP contribution in [0, 0.1) is 11.8 Å². The van der Waals surface area contributed by atoms with Gasteiger partial charge in [0.25, 0.3) is 0 Å². The summed E-state index contributed by atoms with van der Waals surface area (Å²) in [5.41, 5.74) is 0. The number of ether oxygens (including phenoxy) is 1. The molecule has 3 nitrogen and oxygen atoms in total. The van der Waals surface area contributed by atoms with E-state index in [0.717, 1.165) is 38.8 Å². The number of nitrogens with one attached hydrogen (secondary N) is 1. The second kappa shape index (κ2) is 8.06. The van der Waals surface area contributed by atoms with Crippen LogP contribution in [0.2, 0.25) is 0 Å². The molecule has 2 unspecified atom stereocenters. The predicted molar refractivity (Wildman–Crippen MR) is 73.3 cm³/mol. The fourth-order valence-corrected chi connectivity index (χ4v) is 1.92. The van der Waals surface area contributed by atoms with E-state index in [1.807, 2.05) is 0 Å². The van der Waals surface area contributed by atoms with Crippen molar-refractivity contribution in [1.29, 1.82) is 0 Å². The largest absolute Gasteiger partial charge is 0.380 e. The Balaban J connectivity index is 2.04. The maximum Gasteiger partial charge on any atom is 0.0593 e. The van der Waals surface area contributed by atoms with Gasteiger partial charge in [-0.2, -0.15) is 0 Å². The highest BCUT2D eigenvalue weighted by atomic mass is 16.5. The molecule has 1 fully saturated rings. The third-order valence-electron chi connectivity index (χ3n) is 3.87. The van der Waals surface area contributed by atoms with Crippen molar-refractivity contribution < 1.29 is 4.74 Å². The van der Waals surface area contributed by atoms with Crippen LogP contribution >= 0.6 is 0 Å². The van der Waals surface area contributed by atoms with E-state index in [1.54, 1.807) is 0 Å². The van der Waals surface area contributed by atoms with Crippen molar-refractivity contribution in [3.63, 3.8) is 0 Å². The summed E-state index contributed by atoms with van der Waals surface area (Å²) in [5.74, 6) is 1.56. The minimum absolute atomic E-state index is 0.610. The van der Waals surface area contributed by atoms with Gasteiger partial charge in [0.15, 0.2) is 0 Å². The Labute approximate surface area is 107 Å². The van der Waals surface area contributed by atoms with Crippen LogP contribution < -0.4 is 5.32 Å². The molecule has 1 aliphatic carbocycles. The second-order valence-electron chi connectivity index (χ2n) is 5.52. The molecule has 17 heavy (non-hydrogen) atoms. The van der Waals surface area contributed by atoms with Gasteiger partial charge in [-0.1, -0.05) is 13.8 Å². The monoisotopic (exact) mass is 242 g/mol. The number of hydrogen-bond donors (Lipinski definition) is 1. The molecular formula is C14H30N2O. The first-order valence-electron chi connectivity index (χ1n) is 7.13. The van der Waals surface area contributed by atoms with Crippen molar-refractivity contribution in [2.45, 2.75) is 39.7 Å². The number of rotatable bonds is 10. The van der Waals surface area contributed by atoms with Gasteiger partial charge in [0.05, 0.1) is 6.61 Å². The molecule has 0 amide bonds. The molecule has 0 bridgehead atoms. The van der Waals surface area contributed by atoms with Gasteiger partial charge in [-0.25, -0.2) is 0 Å². The summed E-state index contributed by atoms with van der Waals surface area (Å²) in [5, 5.41) is 3.42. The van der Waals surface area contributed by atoms with Crippen LogP contribution in [0.1, 0.15) is 33.6 Å². The van der Waals surface area contributed by atoms with Crippen molar-refractivity contribution in [2.75, 3.05) is 39.9 Å². The first-order chi connectivity index (χ1) is 8.15. The van der Waals surface area contributed by atoms with Gasteiger partial charge in [-0.15, -0.1) is 0 Å². The lowest BCUT2D eigenvalue weighted by Crippen LogP contribution is -2.40. The summed E-state index contributed by atoms with van der Waals surface area (Å²) in [7, 11) is 2.20. The van der Waals surface area contributed by atoms with E-state index in [-0.39, 0.29) is 0 Å². The smallest absolute Gasteiger partial charge is 0.0593 e. The fraction of sp³-hybridized carbons (Fsp3) is 1.00. The molecule has 1 N–H and O–H groups in total. The zero-order chi connectivity index (χ0) is 12.7. The first-order valence-corrected chi connectivity index (χ1v) is 7.13. The molecule has 1 rings (SSSR count). The van der Waals surface area contributed by atoms with E-state index in [1.165, 1.54) is 12.8 Å². The molecule has 0 aliphatic heterocycles. The van der Waals surface area contributed by atoms with Gasteiger partial charge in [-0.05, 0) is 51.7 Å². The zero-order valence-electron chi connectivity index (χ0n) is 12.0. The highest BCUT2D eigenvalue weighted by Crippen LogP contribution is 2.28. The van der Waals surface area contributed by atoms with E-state index in [2.05, 4.69) is 38.0 Å². The van der Waals surface area contributed by atoms with Gasteiger partial charge < -0.3 is 15.0 Å². The van der Waals surface area contributed by atoms with Gasteiger partial charge in [-0.3, -0.25) is 0 Å². The zero-order valence-corrected chi connectivity index (χ0v) is 12.0. The van der Waals surface area contributed by atoms with Crippen molar-refractivity contribution in [3.05, 3.63) is 0 Å². The average molecular weight is 242 g/mol. The second-order valence-corrected chi connectivity index (χ2v) is 5.52. The van der Waals surface area contributed by atoms with Crippen LogP contribution in [0.4, 0.5) is 0 Å². The molecule has 102 valence electrons. The molecule has 1 aliphatic rings. The molecule has 0 aromatic heterocycles. The van der Waals surface area contributed by atoms with Crippen molar-refractivity contribution in [1.82, 2.24) is 10.2 Å². The first kappa shape index (κ1) is 14.9. The summed E-state index contributed by atoms with van der Waals surface area (Å²) in [6.45, 7) is 11.9. The fourth-order valence-electron chi connectivity index (χ4n) is 1.92. The summed E-state index contributed by atoms with van der Waals surface area (Å²) in [6, 6.07) is 0.610. The van der Waals surface area contributed by atoms with Gasteiger partial charge in [0.2, 0.25) is 0 Å². The normalized spacial score (nSPS) is 19.6. The molecular weight excluding hydrogens is 212 g/mol.